The third kappa shape index (κ3) is 6.79. The number of rotatable bonds is 7. The fourth-order valence-corrected chi connectivity index (χ4v) is 1.75. The van der Waals surface area contributed by atoms with Gasteiger partial charge in [0, 0.05) is 20.0 Å². The monoisotopic (exact) mass is 272 g/mol. The van der Waals surface area contributed by atoms with Crippen LogP contribution in [0.15, 0.2) is 0 Å². The van der Waals surface area contributed by atoms with Gasteiger partial charge in [-0.2, -0.15) is 0 Å². The van der Waals surface area contributed by atoms with E-state index in [4.69, 9.17) is 5.11 Å². The van der Waals surface area contributed by atoms with Crippen LogP contribution in [0, 0.1) is 5.41 Å². The summed E-state index contributed by atoms with van der Waals surface area (Å²) < 4.78 is 0. The van der Waals surface area contributed by atoms with Gasteiger partial charge in [-0.05, 0) is 19.3 Å². The minimum atomic E-state index is -0.937. The number of carboxylic acid groups (broad SMARTS) is 1. The van der Waals surface area contributed by atoms with Gasteiger partial charge in [0.05, 0.1) is 6.42 Å². The minimum absolute atomic E-state index is 0.0762. The van der Waals surface area contributed by atoms with E-state index in [9.17, 15) is 14.4 Å². The Hall–Kier alpha value is -1.59. The van der Waals surface area contributed by atoms with Crippen molar-refractivity contribution >= 4 is 17.8 Å². The predicted octanol–water partition coefficient (Wildman–Crippen LogP) is 0.860. The molecule has 1 atom stereocenters. The SMILES string of the molecule is CCN(C)C(=O)C(C)NC(=O)CC(C)(C)CC(=O)O. The van der Waals surface area contributed by atoms with Crippen LogP contribution >= 0.6 is 0 Å². The van der Waals surface area contributed by atoms with E-state index in [-0.39, 0.29) is 24.7 Å². The normalized spacial score (nSPS) is 12.7. The van der Waals surface area contributed by atoms with Gasteiger partial charge < -0.3 is 15.3 Å². The van der Waals surface area contributed by atoms with Crippen LogP contribution in [0.1, 0.15) is 40.5 Å². The molecule has 0 saturated carbocycles. The molecule has 0 spiro atoms. The van der Waals surface area contributed by atoms with E-state index in [1.165, 1.54) is 4.90 Å². The van der Waals surface area contributed by atoms with E-state index in [0.717, 1.165) is 0 Å². The first-order chi connectivity index (χ1) is 8.59. The molecule has 0 aliphatic heterocycles. The van der Waals surface area contributed by atoms with Crippen LogP contribution in [0.25, 0.3) is 0 Å². The molecule has 6 heteroatoms. The predicted molar refractivity (Wildman–Crippen MR) is 71.6 cm³/mol. The van der Waals surface area contributed by atoms with Gasteiger partial charge in [-0.25, -0.2) is 0 Å². The van der Waals surface area contributed by atoms with Gasteiger partial charge in [0.1, 0.15) is 6.04 Å². The highest BCUT2D eigenvalue weighted by Gasteiger charge is 2.27. The first kappa shape index (κ1) is 17.4. The van der Waals surface area contributed by atoms with Gasteiger partial charge in [-0.1, -0.05) is 13.8 Å². The van der Waals surface area contributed by atoms with Crippen molar-refractivity contribution in [2.75, 3.05) is 13.6 Å². The van der Waals surface area contributed by atoms with Crippen LogP contribution in [-0.4, -0.2) is 47.4 Å². The number of nitrogens with zero attached hydrogens (tertiary/aromatic N) is 1. The Labute approximate surface area is 114 Å². The molecule has 0 aliphatic carbocycles. The second kappa shape index (κ2) is 7.11. The number of carboxylic acids is 1. The molecule has 1 unspecified atom stereocenters. The van der Waals surface area contributed by atoms with Gasteiger partial charge >= 0.3 is 5.97 Å². The minimum Gasteiger partial charge on any atom is -0.481 e. The topological polar surface area (TPSA) is 86.7 Å². The molecule has 0 aromatic carbocycles. The summed E-state index contributed by atoms with van der Waals surface area (Å²) in [6, 6.07) is -0.599. The molecular weight excluding hydrogens is 248 g/mol. The Kier molecular flexibility index (Phi) is 6.52. The van der Waals surface area contributed by atoms with Crippen molar-refractivity contribution in [3.63, 3.8) is 0 Å². The number of aliphatic carboxylic acids is 1. The van der Waals surface area contributed by atoms with Crippen molar-refractivity contribution in [3.05, 3.63) is 0 Å². The summed E-state index contributed by atoms with van der Waals surface area (Å²) >= 11 is 0. The van der Waals surface area contributed by atoms with E-state index in [1.54, 1.807) is 27.8 Å². The molecule has 0 rings (SSSR count). The van der Waals surface area contributed by atoms with Crippen molar-refractivity contribution in [3.8, 4) is 0 Å². The molecule has 0 radical (unpaired) electrons. The Balaban J connectivity index is 4.39. The second-order valence-corrected chi connectivity index (χ2v) is 5.55. The summed E-state index contributed by atoms with van der Waals surface area (Å²) in [5.41, 5.74) is -0.630. The average molecular weight is 272 g/mol. The molecule has 6 nitrogen and oxygen atoms in total. The number of likely N-dealkylation sites (N-methyl/N-ethyl adjacent to an activating group) is 1. The Morgan fingerprint density at radius 2 is 1.79 bits per heavy atom. The Morgan fingerprint density at radius 1 is 1.26 bits per heavy atom. The van der Waals surface area contributed by atoms with E-state index in [0.29, 0.717) is 6.54 Å². The molecule has 0 heterocycles. The zero-order valence-corrected chi connectivity index (χ0v) is 12.3. The van der Waals surface area contributed by atoms with Crippen LogP contribution < -0.4 is 5.32 Å². The highest BCUT2D eigenvalue weighted by Crippen LogP contribution is 2.24. The summed E-state index contributed by atoms with van der Waals surface area (Å²) in [6.45, 7) is 7.47. The fourth-order valence-electron chi connectivity index (χ4n) is 1.75. The fraction of sp³-hybridized carbons (Fsp3) is 0.769. The van der Waals surface area contributed by atoms with E-state index in [2.05, 4.69) is 5.32 Å². The lowest BCUT2D eigenvalue weighted by Crippen LogP contribution is -2.46. The standard InChI is InChI=1S/C13H24N2O4/c1-6-15(5)12(19)9(2)14-10(16)7-13(3,4)8-11(17)18/h9H,6-8H2,1-5H3,(H,14,16)(H,17,18). The highest BCUT2D eigenvalue weighted by atomic mass is 16.4. The molecular formula is C13H24N2O4. The Bertz CT molecular complexity index is 353. The maximum absolute atomic E-state index is 11.8. The number of hydrogen-bond acceptors (Lipinski definition) is 3. The summed E-state index contributed by atoms with van der Waals surface area (Å²) in [4.78, 5) is 35.7. The molecule has 0 saturated heterocycles. The largest absolute Gasteiger partial charge is 0.481 e. The lowest BCUT2D eigenvalue weighted by Gasteiger charge is -2.24. The maximum atomic E-state index is 11.8. The summed E-state index contributed by atoms with van der Waals surface area (Å²) in [7, 11) is 1.67. The summed E-state index contributed by atoms with van der Waals surface area (Å²) in [5.74, 6) is -1.41. The van der Waals surface area contributed by atoms with Crippen molar-refractivity contribution in [1.29, 1.82) is 0 Å². The molecule has 0 aliphatic rings. The van der Waals surface area contributed by atoms with Crippen LogP contribution in [-0.2, 0) is 14.4 Å². The van der Waals surface area contributed by atoms with Gasteiger partial charge in [0.2, 0.25) is 11.8 Å². The zero-order valence-electron chi connectivity index (χ0n) is 12.3. The third-order valence-electron chi connectivity index (χ3n) is 2.87. The van der Waals surface area contributed by atoms with E-state index < -0.39 is 17.4 Å². The van der Waals surface area contributed by atoms with Crippen molar-refractivity contribution in [2.24, 2.45) is 5.41 Å². The summed E-state index contributed by atoms with van der Waals surface area (Å²) in [5, 5.41) is 11.3. The summed E-state index contributed by atoms with van der Waals surface area (Å²) in [6.07, 6.45) is -0.00955. The Morgan fingerprint density at radius 3 is 2.21 bits per heavy atom. The number of hydrogen-bond donors (Lipinski definition) is 2. The van der Waals surface area contributed by atoms with Crippen LogP contribution in [0.5, 0.6) is 0 Å². The first-order valence-corrected chi connectivity index (χ1v) is 6.35. The third-order valence-corrected chi connectivity index (χ3v) is 2.87. The lowest BCUT2D eigenvalue weighted by molar-refractivity contribution is -0.140. The quantitative estimate of drug-likeness (QED) is 0.719. The molecule has 110 valence electrons. The molecule has 2 amide bonds. The zero-order chi connectivity index (χ0) is 15.2. The van der Waals surface area contributed by atoms with Crippen molar-refractivity contribution in [2.45, 2.75) is 46.6 Å². The van der Waals surface area contributed by atoms with E-state index >= 15 is 0 Å². The lowest BCUT2D eigenvalue weighted by atomic mass is 9.85. The van der Waals surface area contributed by atoms with Crippen LogP contribution in [0.4, 0.5) is 0 Å². The first-order valence-electron chi connectivity index (χ1n) is 6.35. The average Bonchev–Trinajstić information content (AvgIpc) is 2.23. The van der Waals surface area contributed by atoms with Crippen LogP contribution in [0.2, 0.25) is 0 Å². The van der Waals surface area contributed by atoms with Crippen molar-refractivity contribution in [1.82, 2.24) is 10.2 Å². The number of nitrogens with one attached hydrogen (secondary N) is 1. The molecule has 0 bridgehead atoms. The smallest absolute Gasteiger partial charge is 0.303 e. The molecule has 2 N–H and O–H groups in total. The second-order valence-electron chi connectivity index (χ2n) is 5.55. The number of carbonyl (C=O) groups is 3. The van der Waals surface area contributed by atoms with Gasteiger partial charge in [-0.15, -0.1) is 0 Å². The molecule has 0 aromatic heterocycles. The number of amides is 2. The van der Waals surface area contributed by atoms with Gasteiger partial charge in [-0.3, -0.25) is 14.4 Å². The van der Waals surface area contributed by atoms with Gasteiger partial charge in [0.25, 0.3) is 0 Å². The number of carbonyl (C=O) groups excluding carboxylic acids is 2. The molecule has 0 fully saturated rings. The van der Waals surface area contributed by atoms with Crippen molar-refractivity contribution < 1.29 is 19.5 Å². The molecule has 19 heavy (non-hydrogen) atoms. The highest BCUT2D eigenvalue weighted by molar-refractivity contribution is 5.87. The maximum Gasteiger partial charge on any atom is 0.303 e. The molecule has 0 aromatic rings. The van der Waals surface area contributed by atoms with E-state index in [1.807, 2.05) is 6.92 Å². The van der Waals surface area contributed by atoms with Gasteiger partial charge in [0.15, 0.2) is 0 Å². The van der Waals surface area contributed by atoms with Crippen LogP contribution in [0.3, 0.4) is 0 Å².